The number of hydrogen-bond donors (Lipinski definition) is 2. The molecule has 0 radical (unpaired) electrons. The summed E-state index contributed by atoms with van der Waals surface area (Å²) in [6.07, 6.45) is 0.344. The second-order valence-corrected chi connectivity index (χ2v) is 6.68. The van der Waals surface area contributed by atoms with Crippen molar-refractivity contribution in [1.29, 1.82) is 0 Å². The van der Waals surface area contributed by atoms with Crippen molar-refractivity contribution in [3.05, 3.63) is 0 Å². The van der Waals surface area contributed by atoms with E-state index in [1.165, 1.54) is 0 Å². The van der Waals surface area contributed by atoms with Crippen molar-refractivity contribution in [2.24, 2.45) is 10.4 Å². The fourth-order valence-electron chi connectivity index (χ4n) is 2.35. The van der Waals surface area contributed by atoms with Crippen molar-refractivity contribution >= 4 is 5.96 Å². The van der Waals surface area contributed by atoms with Crippen LogP contribution >= 0.6 is 0 Å². The highest BCUT2D eigenvalue weighted by Crippen LogP contribution is 2.20. The van der Waals surface area contributed by atoms with Crippen molar-refractivity contribution < 1.29 is 9.47 Å². The number of ether oxygens (including phenoxy) is 2. The molecular formula is C15H32N4O2. The Bertz CT molecular complexity index is 328. The van der Waals surface area contributed by atoms with Gasteiger partial charge in [0.25, 0.3) is 0 Å². The first-order chi connectivity index (χ1) is 9.86. The van der Waals surface area contributed by atoms with Crippen LogP contribution in [0.4, 0.5) is 0 Å². The molecule has 0 amide bonds. The molecule has 21 heavy (non-hydrogen) atoms. The van der Waals surface area contributed by atoms with Crippen molar-refractivity contribution in [1.82, 2.24) is 15.5 Å². The average molecular weight is 300 g/mol. The first-order valence-corrected chi connectivity index (χ1v) is 7.64. The van der Waals surface area contributed by atoms with E-state index in [0.717, 1.165) is 38.7 Å². The number of nitrogens with zero attached hydrogens (tertiary/aromatic N) is 2. The summed E-state index contributed by atoms with van der Waals surface area (Å²) in [4.78, 5) is 6.53. The topological polar surface area (TPSA) is 58.1 Å². The molecule has 1 saturated heterocycles. The molecule has 0 saturated carbocycles. The molecule has 6 nitrogen and oxygen atoms in total. The Balaban J connectivity index is 2.35. The maximum atomic E-state index is 5.73. The average Bonchev–Trinajstić information content (AvgIpc) is 2.41. The van der Waals surface area contributed by atoms with Crippen molar-refractivity contribution in [3.63, 3.8) is 0 Å². The number of nitrogens with one attached hydrogen (secondary N) is 2. The molecule has 2 unspecified atom stereocenters. The third-order valence-electron chi connectivity index (χ3n) is 3.77. The molecule has 0 bridgehead atoms. The van der Waals surface area contributed by atoms with Crippen LogP contribution in [0.1, 0.15) is 20.8 Å². The van der Waals surface area contributed by atoms with Gasteiger partial charge in [-0.05, 0) is 12.5 Å². The van der Waals surface area contributed by atoms with Gasteiger partial charge in [-0.3, -0.25) is 4.99 Å². The number of rotatable bonds is 5. The second-order valence-electron chi connectivity index (χ2n) is 6.68. The standard InChI is InChI=1S/C15H32N4O2/c1-15(2,3)13(20-6)10-18-14(16-4)17-9-12-11-19(5)7-8-21-12/h12-13H,7-11H2,1-6H3,(H2,16,17,18). The van der Waals surface area contributed by atoms with Crippen molar-refractivity contribution in [3.8, 4) is 0 Å². The molecule has 0 aromatic heterocycles. The van der Waals surface area contributed by atoms with Crippen LogP contribution in [-0.4, -0.2) is 77.1 Å². The molecule has 6 heteroatoms. The number of aliphatic imine (C=N–C) groups is 1. The smallest absolute Gasteiger partial charge is 0.191 e. The van der Waals surface area contributed by atoms with Gasteiger partial charge in [0.2, 0.25) is 0 Å². The van der Waals surface area contributed by atoms with Gasteiger partial charge in [0.15, 0.2) is 5.96 Å². The molecule has 2 atom stereocenters. The first kappa shape index (κ1) is 18.2. The van der Waals surface area contributed by atoms with Crippen LogP contribution in [0.2, 0.25) is 0 Å². The molecule has 0 spiro atoms. The summed E-state index contributed by atoms with van der Waals surface area (Å²) in [5.74, 6) is 0.790. The summed E-state index contributed by atoms with van der Waals surface area (Å²) < 4.78 is 11.3. The van der Waals surface area contributed by atoms with E-state index in [1.807, 2.05) is 0 Å². The molecule has 1 fully saturated rings. The molecule has 0 aromatic rings. The van der Waals surface area contributed by atoms with Crippen LogP contribution in [0.25, 0.3) is 0 Å². The van der Waals surface area contributed by atoms with Crippen LogP contribution in [0.15, 0.2) is 4.99 Å². The number of methoxy groups -OCH3 is 1. The summed E-state index contributed by atoms with van der Waals surface area (Å²) >= 11 is 0. The maximum Gasteiger partial charge on any atom is 0.191 e. The quantitative estimate of drug-likeness (QED) is 0.573. The highest BCUT2D eigenvalue weighted by atomic mass is 16.5. The maximum absolute atomic E-state index is 5.73. The van der Waals surface area contributed by atoms with Gasteiger partial charge in [-0.2, -0.15) is 0 Å². The van der Waals surface area contributed by atoms with Crippen LogP contribution in [-0.2, 0) is 9.47 Å². The van der Waals surface area contributed by atoms with E-state index in [2.05, 4.69) is 48.3 Å². The monoisotopic (exact) mass is 300 g/mol. The van der Waals surface area contributed by atoms with Crippen molar-refractivity contribution in [2.45, 2.75) is 33.0 Å². The van der Waals surface area contributed by atoms with E-state index in [9.17, 15) is 0 Å². The van der Waals surface area contributed by atoms with Crippen LogP contribution in [0.3, 0.4) is 0 Å². The summed E-state index contributed by atoms with van der Waals surface area (Å²) in [5, 5.41) is 6.64. The Morgan fingerprint density at radius 1 is 1.43 bits per heavy atom. The second kappa shape index (κ2) is 8.56. The van der Waals surface area contributed by atoms with E-state index in [-0.39, 0.29) is 17.6 Å². The van der Waals surface area contributed by atoms with Gasteiger partial charge in [-0.25, -0.2) is 0 Å². The molecular weight excluding hydrogens is 268 g/mol. The van der Waals surface area contributed by atoms with Gasteiger partial charge in [-0.15, -0.1) is 0 Å². The lowest BCUT2D eigenvalue weighted by Gasteiger charge is -2.31. The fourth-order valence-corrected chi connectivity index (χ4v) is 2.35. The van der Waals surface area contributed by atoms with E-state index in [4.69, 9.17) is 9.47 Å². The highest BCUT2D eigenvalue weighted by molar-refractivity contribution is 5.79. The van der Waals surface area contributed by atoms with Gasteiger partial charge in [0.1, 0.15) is 0 Å². The Labute approximate surface area is 129 Å². The molecule has 1 heterocycles. The molecule has 0 aromatic carbocycles. The lowest BCUT2D eigenvalue weighted by Crippen LogP contribution is -2.50. The van der Waals surface area contributed by atoms with Gasteiger partial charge in [0, 0.05) is 40.3 Å². The molecule has 1 rings (SSSR count). The molecule has 124 valence electrons. The Kier molecular flexibility index (Phi) is 7.42. The zero-order chi connectivity index (χ0) is 15.9. The van der Waals surface area contributed by atoms with Crippen LogP contribution < -0.4 is 10.6 Å². The van der Waals surface area contributed by atoms with Crippen molar-refractivity contribution in [2.75, 3.05) is 54.0 Å². The third-order valence-corrected chi connectivity index (χ3v) is 3.77. The minimum Gasteiger partial charge on any atom is -0.379 e. The molecule has 1 aliphatic heterocycles. The summed E-state index contributed by atoms with van der Waals surface area (Å²) in [6, 6.07) is 0. The van der Waals surface area contributed by atoms with Crippen LogP contribution in [0.5, 0.6) is 0 Å². The van der Waals surface area contributed by atoms with E-state index in [1.54, 1.807) is 14.2 Å². The molecule has 0 aliphatic carbocycles. The van der Waals surface area contributed by atoms with Gasteiger partial charge < -0.3 is 25.0 Å². The normalized spacial score (nSPS) is 23.0. The van der Waals surface area contributed by atoms with Gasteiger partial charge in [0.05, 0.1) is 18.8 Å². The number of likely N-dealkylation sites (N-methyl/N-ethyl adjacent to an activating group) is 1. The first-order valence-electron chi connectivity index (χ1n) is 7.64. The SMILES string of the molecule is CN=C(NCC1CN(C)CCO1)NCC(OC)C(C)(C)C. The van der Waals surface area contributed by atoms with E-state index < -0.39 is 0 Å². The lowest BCUT2D eigenvalue weighted by molar-refractivity contribution is -0.0162. The Morgan fingerprint density at radius 3 is 2.67 bits per heavy atom. The largest absolute Gasteiger partial charge is 0.379 e. The highest BCUT2D eigenvalue weighted by Gasteiger charge is 2.24. The zero-order valence-electron chi connectivity index (χ0n) is 14.4. The van der Waals surface area contributed by atoms with Gasteiger partial charge >= 0.3 is 0 Å². The summed E-state index contributed by atoms with van der Waals surface area (Å²) in [5.41, 5.74) is 0.0930. The summed E-state index contributed by atoms with van der Waals surface area (Å²) in [7, 11) is 5.65. The number of hydrogen-bond acceptors (Lipinski definition) is 4. The predicted octanol–water partition coefficient (Wildman–Crippen LogP) is 0.543. The number of guanidine groups is 1. The fraction of sp³-hybridized carbons (Fsp3) is 0.933. The number of morpholine rings is 1. The zero-order valence-corrected chi connectivity index (χ0v) is 14.4. The third kappa shape index (κ3) is 6.63. The minimum atomic E-state index is 0.0930. The van der Waals surface area contributed by atoms with Gasteiger partial charge in [-0.1, -0.05) is 20.8 Å². The minimum absolute atomic E-state index is 0.0930. The molecule has 1 aliphatic rings. The summed E-state index contributed by atoms with van der Waals surface area (Å²) in [6.45, 7) is 10.8. The lowest BCUT2D eigenvalue weighted by atomic mass is 9.89. The van der Waals surface area contributed by atoms with Crippen LogP contribution in [0, 0.1) is 5.41 Å². The predicted molar refractivity (Wildman–Crippen MR) is 86.9 cm³/mol. The molecule has 2 N–H and O–H groups in total. The van der Waals surface area contributed by atoms with E-state index >= 15 is 0 Å². The Hall–Kier alpha value is -0.850. The van der Waals surface area contributed by atoms with E-state index in [0.29, 0.717) is 0 Å². The Morgan fingerprint density at radius 2 is 2.14 bits per heavy atom.